The van der Waals surface area contributed by atoms with Crippen LogP contribution in [0, 0.1) is 6.92 Å². The average molecular weight is 325 g/mol. The SMILES string of the molecule is Cc1cc2ccccc2n1CC(=O)N1CCN(C2CCCC2)CC1. The minimum atomic E-state index is 0.255. The van der Waals surface area contributed by atoms with Crippen molar-refractivity contribution in [2.24, 2.45) is 0 Å². The van der Waals surface area contributed by atoms with Crippen LogP contribution < -0.4 is 0 Å². The summed E-state index contributed by atoms with van der Waals surface area (Å²) in [6.45, 7) is 6.40. The molecule has 4 rings (SSSR count). The molecule has 128 valence electrons. The zero-order valence-electron chi connectivity index (χ0n) is 14.6. The van der Waals surface area contributed by atoms with Gasteiger partial charge in [0.25, 0.3) is 0 Å². The van der Waals surface area contributed by atoms with Crippen LogP contribution in [0.2, 0.25) is 0 Å². The third-order valence-electron chi connectivity index (χ3n) is 5.82. The molecule has 24 heavy (non-hydrogen) atoms. The minimum absolute atomic E-state index is 0.255. The first-order valence-corrected chi connectivity index (χ1v) is 9.29. The summed E-state index contributed by atoms with van der Waals surface area (Å²) in [6, 6.07) is 11.3. The van der Waals surface area contributed by atoms with Crippen molar-refractivity contribution in [1.29, 1.82) is 0 Å². The Morgan fingerprint density at radius 2 is 1.79 bits per heavy atom. The topological polar surface area (TPSA) is 28.5 Å². The van der Waals surface area contributed by atoms with Gasteiger partial charge in [-0.1, -0.05) is 31.0 Å². The van der Waals surface area contributed by atoms with Gasteiger partial charge in [0.15, 0.2) is 0 Å². The lowest BCUT2D eigenvalue weighted by atomic mass is 10.2. The predicted octanol–water partition coefficient (Wildman–Crippen LogP) is 3.04. The minimum Gasteiger partial charge on any atom is -0.339 e. The summed E-state index contributed by atoms with van der Waals surface area (Å²) in [6.07, 6.45) is 5.46. The number of piperazine rings is 1. The summed E-state index contributed by atoms with van der Waals surface area (Å²) in [5.41, 5.74) is 2.32. The smallest absolute Gasteiger partial charge is 0.242 e. The van der Waals surface area contributed by atoms with E-state index in [9.17, 15) is 4.79 Å². The van der Waals surface area contributed by atoms with E-state index >= 15 is 0 Å². The van der Waals surface area contributed by atoms with Gasteiger partial charge in [0.1, 0.15) is 6.54 Å². The van der Waals surface area contributed by atoms with E-state index in [4.69, 9.17) is 0 Å². The van der Waals surface area contributed by atoms with Crippen LogP contribution in [0.15, 0.2) is 30.3 Å². The Morgan fingerprint density at radius 1 is 1.08 bits per heavy atom. The van der Waals surface area contributed by atoms with E-state index < -0.39 is 0 Å². The van der Waals surface area contributed by atoms with Crippen molar-refractivity contribution < 1.29 is 4.79 Å². The Kier molecular flexibility index (Phi) is 4.31. The van der Waals surface area contributed by atoms with Crippen LogP contribution in [0.4, 0.5) is 0 Å². The summed E-state index contributed by atoms with van der Waals surface area (Å²) in [5.74, 6) is 0.255. The molecular weight excluding hydrogens is 298 g/mol. The first kappa shape index (κ1) is 15.7. The van der Waals surface area contributed by atoms with E-state index in [2.05, 4.69) is 45.6 Å². The number of nitrogens with zero attached hydrogens (tertiary/aromatic N) is 3. The van der Waals surface area contributed by atoms with E-state index in [-0.39, 0.29) is 5.91 Å². The van der Waals surface area contributed by atoms with Crippen LogP contribution in [0.3, 0.4) is 0 Å². The van der Waals surface area contributed by atoms with E-state index in [1.54, 1.807) is 0 Å². The van der Waals surface area contributed by atoms with E-state index in [0.29, 0.717) is 6.54 Å². The number of rotatable bonds is 3. The molecule has 1 aliphatic heterocycles. The number of aryl methyl sites for hydroxylation is 1. The van der Waals surface area contributed by atoms with Crippen LogP contribution in [-0.4, -0.2) is 52.5 Å². The van der Waals surface area contributed by atoms with Crippen LogP contribution in [0.5, 0.6) is 0 Å². The van der Waals surface area contributed by atoms with Crippen LogP contribution in [0.25, 0.3) is 10.9 Å². The number of carbonyl (C=O) groups is 1. The molecule has 2 aromatic rings. The Morgan fingerprint density at radius 3 is 2.54 bits per heavy atom. The Balaban J connectivity index is 1.40. The van der Waals surface area contributed by atoms with Crippen molar-refractivity contribution >= 4 is 16.8 Å². The van der Waals surface area contributed by atoms with Gasteiger partial charge in [0.05, 0.1) is 0 Å². The van der Waals surface area contributed by atoms with E-state index in [0.717, 1.165) is 43.4 Å². The van der Waals surface area contributed by atoms with Gasteiger partial charge >= 0.3 is 0 Å². The molecule has 2 aliphatic rings. The van der Waals surface area contributed by atoms with E-state index in [1.807, 2.05) is 6.07 Å². The van der Waals surface area contributed by atoms with Crippen molar-refractivity contribution in [3.63, 3.8) is 0 Å². The molecule has 4 heteroatoms. The lowest BCUT2D eigenvalue weighted by Gasteiger charge is -2.38. The number of aromatic nitrogens is 1. The van der Waals surface area contributed by atoms with E-state index in [1.165, 1.54) is 31.1 Å². The van der Waals surface area contributed by atoms with Gasteiger partial charge in [-0.25, -0.2) is 0 Å². The molecule has 0 radical (unpaired) electrons. The first-order chi connectivity index (χ1) is 11.7. The molecule has 4 nitrogen and oxygen atoms in total. The molecule has 0 N–H and O–H groups in total. The van der Waals surface area contributed by atoms with Gasteiger partial charge < -0.3 is 9.47 Å². The number of para-hydroxylation sites is 1. The zero-order chi connectivity index (χ0) is 16.5. The molecule has 1 aromatic carbocycles. The molecule has 1 aliphatic carbocycles. The lowest BCUT2D eigenvalue weighted by Crippen LogP contribution is -2.52. The van der Waals surface area contributed by atoms with Crippen molar-refractivity contribution in [3.05, 3.63) is 36.0 Å². The third-order valence-corrected chi connectivity index (χ3v) is 5.82. The molecule has 1 aromatic heterocycles. The zero-order valence-corrected chi connectivity index (χ0v) is 14.6. The third kappa shape index (κ3) is 2.95. The maximum Gasteiger partial charge on any atom is 0.242 e. The molecule has 0 atom stereocenters. The van der Waals surface area contributed by atoms with Crippen molar-refractivity contribution in [3.8, 4) is 0 Å². The Bertz CT molecular complexity index is 722. The number of carbonyl (C=O) groups excluding carboxylic acids is 1. The second-order valence-electron chi connectivity index (χ2n) is 7.29. The fourth-order valence-corrected chi connectivity index (χ4v) is 4.40. The number of amides is 1. The highest BCUT2D eigenvalue weighted by Crippen LogP contribution is 2.24. The average Bonchev–Trinajstić information content (AvgIpc) is 3.24. The van der Waals surface area contributed by atoms with Crippen molar-refractivity contribution in [2.45, 2.75) is 45.2 Å². The maximum absolute atomic E-state index is 12.8. The molecule has 0 bridgehead atoms. The van der Waals surface area contributed by atoms with Gasteiger partial charge in [-0.2, -0.15) is 0 Å². The summed E-state index contributed by atoms with van der Waals surface area (Å²) in [4.78, 5) is 17.4. The summed E-state index contributed by atoms with van der Waals surface area (Å²) >= 11 is 0. The van der Waals surface area contributed by atoms with Gasteiger partial charge in [0.2, 0.25) is 5.91 Å². The van der Waals surface area contributed by atoms with Gasteiger partial charge in [-0.3, -0.25) is 9.69 Å². The second kappa shape index (κ2) is 6.60. The normalized spacial score (nSPS) is 20.1. The molecule has 0 spiro atoms. The summed E-state index contributed by atoms with van der Waals surface area (Å²) in [5, 5.41) is 1.22. The predicted molar refractivity (Wildman–Crippen MR) is 97.1 cm³/mol. The highest BCUT2D eigenvalue weighted by atomic mass is 16.2. The Hall–Kier alpha value is -1.81. The number of hydrogen-bond donors (Lipinski definition) is 0. The number of benzene rings is 1. The fourth-order valence-electron chi connectivity index (χ4n) is 4.40. The van der Waals surface area contributed by atoms with Gasteiger partial charge in [-0.15, -0.1) is 0 Å². The lowest BCUT2D eigenvalue weighted by molar-refractivity contribution is -0.133. The quantitative estimate of drug-likeness (QED) is 0.868. The largest absolute Gasteiger partial charge is 0.339 e. The van der Waals surface area contributed by atoms with Gasteiger partial charge in [-0.05, 0) is 37.3 Å². The number of fused-ring (bicyclic) bond motifs is 1. The highest BCUT2D eigenvalue weighted by molar-refractivity contribution is 5.84. The van der Waals surface area contributed by atoms with Crippen molar-refractivity contribution in [1.82, 2.24) is 14.4 Å². The molecular formula is C20H27N3O. The molecule has 1 saturated heterocycles. The summed E-state index contributed by atoms with van der Waals surface area (Å²) in [7, 11) is 0. The van der Waals surface area contributed by atoms with Crippen LogP contribution in [-0.2, 0) is 11.3 Å². The molecule has 0 unspecified atom stereocenters. The first-order valence-electron chi connectivity index (χ1n) is 9.29. The number of hydrogen-bond acceptors (Lipinski definition) is 2. The Labute approximate surface area is 144 Å². The second-order valence-corrected chi connectivity index (χ2v) is 7.29. The molecule has 1 amide bonds. The monoisotopic (exact) mass is 325 g/mol. The summed E-state index contributed by atoms with van der Waals surface area (Å²) < 4.78 is 2.15. The maximum atomic E-state index is 12.8. The van der Waals surface area contributed by atoms with Gasteiger partial charge in [0, 0.05) is 43.4 Å². The highest BCUT2D eigenvalue weighted by Gasteiger charge is 2.28. The standard InChI is InChI=1S/C20H27N3O/c1-16-14-17-6-2-5-9-19(17)23(16)15-20(24)22-12-10-21(11-13-22)18-7-3-4-8-18/h2,5-6,9,14,18H,3-4,7-8,10-13,15H2,1H3. The van der Waals surface area contributed by atoms with Crippen LogP contribution >= 0.6 is 0 Å². The fraction of sp³-hybridized carbons (Fsp3) is 0.550. The molecule has 2 heterocycles. The van der Waals surface area contributed by atoms with Crippen molar-refractivity contribution in [2.75, 3.05) is 26.2 Å². The molecule has 1 saturated carbocycles. The molecule has 2 fully saturated rings. The van der Waals surface area contributed by atoms with Crippen LogP contribution in [0.1, 0.15) is 31.4 Å².